The normalized spacial score (nSPS) is 10.8. The first-order chi connectivity index (χ1) is 14.8. The fourth-order valence-electron chi connectivity index (χ4n) is 3.15. The van der Waals surface area contributed by atoms with Crippen molar-refractivity contribution in [1.82, 2.24) is 19.7 Å². The Morgan fingerprint density at radius 3 is 2.19 bits per heavy atom. The van der Waals surface area contributed by atoms with E-state index in [-0.39, 0.29) is 12.3 Å². The molecule has 0 radical (unpaired) electrons. The molecule has 3 rings (SSSR count). The average Bonchev–Trinajstić information content (AvgIpc) is 3.05. The van der Waals surface area contributed by atoms with Gasteiger partial charge in [0.2, 0.25) is 5.91 Å². The molecule has 0 bridgehead atoms. The van der Waals surface area contributed by atoms with E-state index < -0.39 is 0 Å². The van der Waals surface area contributed by atoms with Crippen molar-refractivity contribution in [3.8, 4) is 17.4 Å². The fraction of sp³-hybridized carbons (Fsp3) is 0.364. The number of aryl methyl sites for hydroxylation is 3. The lowest BCUT2D eigenvalue weighted by Crippen LogP contribution is -2.18. The average molecular weight is 488 g/mol. The van der Waals surface area contributed by atoms with E-state index in [1.807, 2.05) is 52.8 Å². The van der Waals surface area contributed by atoms with Gasteiger partial charge >= 0.3 is 0 Å². The molecular weight excluding hydrogens is 462 g/mol. The highest BCUT2D eigenvalue weighted by Crippen LogP contribution is 2.34. The van der Waals surface area contributed by atoms with Gasteiger partial charge in [-0.25, -0.2) is 9.97 Å². The first-order valence-corrected chi connectivity index (χ1v) is 10.9. The summed E-state index contributed by atoms with van der Waals surface area (Å²) < 4.78 is 13.6. The Bertz CT molecular complexity index is 1080. The Kier molecular flexibility index (Phi) is 7.27. The number of hydrogen-bond acceptors (Lipinski definition) is 6. The first kappa shape index (κ1) is 22.7. The Hall–Kier alpha value is -2.94. The second kappa shape index (κ2) is 9.91. The van der Waals surface area contributed by atoms with Gasteiger partial charge in [0.25, 0.3) is 5.95 Å². The molecule has 0 aliphatic carbocycles. The third-order valence-electron chi connectivity index (χ3n) is 4.32. The minimum Gasteiger partial charge on any atom is -0.490 e. The van der Waals surface area contributed by atoms with Crippen LogP contribution in [0.5, 0.6) is 11.5 Å². The van der Waals surface area contributed by atoms with E-state index in [9.17, 15) is 4.79 Å². The van der Waals surface area contributed by atoms with Gasteiger partial charge in [-0.3, -0.25) is 4.79 Å². The standard InChI is InChI=1S/C22H26BrN5O3/c1-6-30-18-10-16(17(23)12-19(18)31-7-2)11-21(29)26-20-9-15(5)27-28(20)22-24-13(3)8-14(4)25-22/h8-10,12H,6-7,11H2,1-5H3,(H,26,29). The van der Waals surface area contributed by atoms with Gasteiger partial charge in [-0.2, -0.15) is 9.78 Å². The molecule has 2 aromatic heterocycles. The Morgan fingerprint density at radius 2 is 1.58 bits per heavy atom. The molecule has 0 fully saturated rings. The zero-order valence-electron chi connectivity index (χ0n) is 18.3. The van der Waals surface area contributed by atoms with Crippen LogP contribution in [0.4, 0.5) is 5.82 Å². The maximum Gasteiger partial charge on any atom is 0.252 e. The van der Waals surface area contributed by atoms with E-state index in [4.69, 9.17) is 9.47 Å². The summed E-state index contributed by atoms with van der Waals surface area (Å²) in [6.45, 7) is 10.5. The molecule has 3 aromatic rings. The van der Waals surface area contributed by atoms with Crippen LogP contribution in [0.15, 0.2) is 28.7 Å². The summed E-state index contributed by atoms with van der Waals surface area (Å²) in [6, 6.07) is 7.33. The van der Waals surface area contributed by atoms with Crippen LogP contribution in [0.2, 0.25) is 0 Å². The summed E-state index contributed by atoms with van der Waals surface area (Å²) in [5.74, 6) is 1.99. The van der Waals surface area contributed by atoms with E-state index in [0.29, 0.717) is 36.5 Å². The van der Waals surface area contributed by atoms with Crippen LogP contribution in [-0.4, -0.2) is 38.9 Å². The highest BCUT2D eigenvalue weighted by atomic mass is 79.9. The summed E-state index contributed by atoms with van der Waals surface area (Å²) in [7, 11) is 0. The molecule has 1 amide bonds. The number of ether oxygens (including phenoxy) is 2. The van der Waals surface area contributed by atoms with E-state index in [1.54, 1.807) is 10.7 Å². The van der Waals surface area contributed by atoms with E-state index in [2.05, 4.69) is 36.3 Å². The SMILES string of the molecule is CCOc1cc(Br)c(CC(=O)Nc2cc(C)nn2-c2nc(C)cc(C)n2)cc1OCC. The number of nitrogens with one attached hydrogen (secondary N) is 1. The first-order valence-electron chi connectivity index (χ1n) is 10.1. The molecule has 0 unspecified atom stereocenters. The van der Waals surface area contributed by atoms with Crippen molar-refractivity contribution in [1.29, 1.82) is 0 Å². The number of halogens is 1. The van der Waals surface area contributed by atoms with Crippen LogP contribution in [0, 0.1) is 20.8 Å². The highest BCUT2D eigenvalue weighted by molar-refractivity contribution is 9.10. The Labute approximate surface area is 190 Å². The Balaban J connectivity index is 1.84. The molecule has 2 heterocycles. The molecule has 1 N–H and O–H groups in total. The Morgan fingerprint density at radius 1 is 0.968 bits per heavy atom. The van der Waals surface area contributed by atoms with Crippen molar-refractivity contribution >= 4 is 27.7 Å². The molecule has 0 saturated carbocycles. The van der Waals surface area contributed by atoms with E-state index in [1.165, 1.54) is 0 Å². The van der Waals surface area contributed by atoms with Crippen LogP contribution in [0.3, 0.4) is 0 Å². The van der Waals surface area contributed by atoms with Gasteiger partial charge in [0.05, 0.1) is 25.3 Å². The number of nitrogens with zero attached hydrogens (tertiary/aromatic N) is 4. The summed E-state index contributed by atoms with van der Waals surface area (Å²) in [4.78, 5) is 21.7. The lowest BCUT2D eigenvalue weighted by atomic mass is 10.1. The summed E-state index contributed by atoms with van der Waals surface area (Å²) >= 11 is 3.53. The number of hydrogen-bond donors (Lipinski definition) is 1. The van der Waals surface area contributed by atoms with Gasteiger partial charge in [0.15, 0.2) is 11.5 Å². The molecule has 1 aromatic carbocycles. The van der Waals surface area contributed by atoms with Crippen molar-refractivity contribution in [3.63, 3.8) is 0 Å². The molecule has 8 nitrogen and oxygen atoms in total. The van der Waals surface area contributed by atoms with Gasteiger partial charge in [-0.05, 0) is 58.4 Å². The second-order valence-corrected chi connectivity index (χ2v) is 7.87. The molecule has 164 valence electrons. The van der Waals surface area contributed by atoms with Crippen molar-refractivity contribution in [2.75, 3.05) is 18.5 Å². The van der Waals surface area contributed by atoms with Crippen molar-refractivity contribution < 1.29 is 14.3 Å². The summed E-state index contributed by atoms with van der Waals surface area (Å²) in [5.41, 5.74) is 3.19. The molecule has 0 saturated heterocycles. The van der Waals surface area contributed by atoms with Gasteiger partial charge in [0.1, 0.15) is 5.82 Å². The van der Waals surface area contributed by atoms with Crippen LogP contribution >= 0.6 is 15.9 Å². The smallest absolute Gasteiger partial charge is 0.252 e. The number of anilines is 1. The topological polar surface area (TPSA) is 91.2 Å². The monoisotopic (exact) mass is 487 g/mol. The molecule has 0 aliphatic heterocycles. The molecule has 31 heavy (non-hydrogen) atoms. The minimum absolute atomic E-state index is 0.144. The highest BCUT2D eigenvalue weighted by Gasteiger charge is 2.17. The minimum atomic E-state index is -0.196. The lowest BCUT2D eigenvalue weighted by molar-refractivity contribution is -0.115. The number of amides is 1. The van der Waals surface area contributed by atoms with Gasteiger partial charge in [-0.1, -0.05) is 15.9 Å². The van der Waals surface area contributed by atoms with E-state index >= 15 is 0 Å². The molecule has 0 aliphatic rings. The van der Waals surface area contributed by atoms with Gasteiger partial charge in [0, 0.05) is 21.9 Å². The molecule has 0 atom stereocenters. The quantitative estimate of drug-likeness (QED) is 0.508. The number of benzene rings is 1. The summed E-state index contributed by atoms with van der Waals surface area (Å²) in [5, 5.41) is 7.37. The second-order valence-electron chi connectivity index (χ2n) is 7.01. The number of carbonyl (C=O) groups excluding carboxylic acids is 1. The maximum atomic E-state index is 12.9. The van der Waals surface area contributed by atoms with Gasteiger partial charge in [-0.15, -0.1) is 0 Å². The van der Waals surface area contributed by atoms with Crippen molar-refractivity contribution in [3.05, 3.63) is 51.4 Å². The third-order valence-corrected chi connectivity index (χ3v) is 5.06. The number of rotatable bonds is 8. The van der Waals surface area contributed by atoms with Gasteiger partial charge < -0.3 is 14.8 Å². The molecule has 9 heteroatoms. The number of aromatic nitrogens is 4. The summed E-state index contributed by atoms with van der Waals surface area (Å²) in [6.07, 6.45) is 0.144. The van der Waals surface area contributed by atoms with E-state index in [0.717, 1.165) is 27.1 Å². The third kappa shape index (κ3) is 5.61. The van der Waals surface area contributed by atoms with Crippen molar-refractivity contribution in [2.45, 2.75) is 41.0 Å². The predicted octanol–water partition coefficient (Wildman–Crippen LogP) is 4.33. The fourth-order valence-corrected chi connectivity index (χ4v) is 3.61. The van der Waals surface area contributed by atoms with Crippen LogP contribution in [-0.2, 0) is 11.2 Å². The van der Waals surface area contributed by atoms with Crippen LogP contribution in [0.1, 0.15) is 36.5 Å². The lowest BCUT2D eigenvalue weighted by Gasteiger charge is -2.14. The van der Waals surface area contributed by atoms with Crippen LogP contribution in [0.25, 0.3) is 5.95 Å². The number of carbonyl (C=O) groups is 1. The maximum absolute atomic E-state index is 12.9. The largest absolute Gasteiger partial charge is 0.490 e. The molecule has 0 spiro atoms. The zero-order chi connectivity index (χ0) is 22.5. The predicted molar refractivity (Wildman–Crippen MR) is 122 cm³/mol. The van der Waals surface area contributed by atoms with Crippen LogP contribution < -0.4 is 14.8 Å². The molecular formula is C22H26BrN5O3. The zero-order valence-corrected chi connectivity index (χ0v) is 19.9. The van der Waals surface area contributed by atoms with Crippen molar-refractivity contribution in [2.24, 2.45) is 0 Å².